The van der Waals surface area contributed by atoms with Gasteiger partial charge < -0.3 is 4.74 Å². The molecule has 0 N–H and O–H groups in total. The van der Waals surface area contributed by atoms with Gasteiger partial charge in [-0.1, -0.05) is 0 Å². The van der Waals surface area contributed by atoms with Crippen LogP contribution in [0.5, 0.6) is 5.75 Å². The maximum Gasteiger partial charge on any atom is 0.154 e. The van der Waals surface area contributed by atoms with Gasteiger partial charge in [0.05, 0.1) is 12.7 Å². The largest absolute Gasteiger partial charge is 0.497 e. The Morgan fingerprint density at radius 2 is 2.25 bits per heavy atom. The molecule has 0 amide bonds. The van der Waals surface area contributed by atoms with Crippen molar-refractivity contribution in [2.45, 2.75) is 0 Å². The van der Waals surface area contributed by atoms with Crippen LogP contribution in [0.1, 0.15) is 10.4 Å². The lowest BCUT2D eigenvalue weighted by atomic mass is 10.2. The second-order valence-electron chi connectivity index (χ2n) is 2.12. The molecule has 0 radical (unpaired) electrons. The SMILES string of the molecule is COc1cc(F)c(C=O)c(I)c1. The van der Waals surface area contributed by atoms with Crippen molar-refractivity contribution in [2.24, 2.45) is 0 Å². The third kappa shape index (κ3) is 1.74. The number of hydrogen-bond acceptors (Lipinski definition) is 2. The highest BCUT2D eigenvalue weighted by Gasteiger charge is 2.07. The lowest BCUT2D eigenvalue weighted by Gasteiger charge is -2.02. The van der Waals surface area contributed by atoms with Crippen LogP contribution in [-0.2, 0) is 0 Å². The quantitative estimate of drug-likeness (QED) is 0.613. The molecule has 0 spiro atoms. The number of aldehydes is 1. The number of carbonyl (C=O) groups is 1. The number of ether oxygens (including phenoxy) is 1. The molecular weight excluding hydrogens is 274 g/mol. The Labute approximate surface area is 82.9 Å². The number of halogens is 2. The van der Waals surface area contributed by atoms with Gasteiger partial charge in [-0.05, 0) is 28.7 Å². The van der Waals surface area contributed by atoms with Crippen LogP contribution < -0.4 is 4.74 Å². The predicted molar refractivity (Wildman–Crippen MR) is 51.1 cm³/mol. The van der Waals surface area contributed by atoms with Gasteiger partial charge in [0.15, 0.2) is 6.29 Å². The van der Waals surface area contributed by atoms with Crippen molar-refractivity contribution < 1.29 is 13.9 Å². The number of hydrogen-bond donors (Lipinski definition) is 0. The van der Waals surface area contributed by atoms with E-state index in [1.54, 1.807) is 6.07 Å². The van der Waals surface area contributed by atoms with Crippen molar-refractivity contribution in [1.29, 1.82) is 0 Å². The molecule has 0 saturated carbocycles. The summed E-state index contributed by atoms with van der Waals surface area (Å²) in [5.41, 5.74) is 0.0800. The van der Waals surface area contributed by atoms with E-state index in [-0.39, 0.29) is 5.56 Å². The molecule has 1 aromatic carbocycles. The average Bonchev–Trinajstić information content (AvgIpc) is 2.03. The van der Waals surface area contributed by atoms with Gasteiger partial charge in [-0.2, -0.15) is 0 Å². The van der Waals surface area contributed by atoms with E-state index in [9.17, 15) is 9.18 Å². The van der Waals surface area contributed by atoms with Gasteiger partial charge >= 0.3 is 0 Å². The van der Waals surface area contributed by atoms with Crippen molar-refractivity contribution >= 4 is 28.9 Å². The number of methoxy groups -OCH3 is 1. The molecule has 0 bridgehead atoms. The zero-order chi connectivity index (χ0) is 9.14. The second kappa shape index (κ2) is 3.84. The predicted octanol–water partition coefficient (Wildman–Crippen LogP) is 2.25. The minimum atomic E-state index is -0.547. The molecule has 0 heterocycles. The molecule has 0 aliphatic rings. The highest BCUT2D eigenvalue weighted by atomic mass is 127. The zero-order valence-electron chi connectivity index (χ0n) is 6.30. The molecule has 64 valence electrons. The third-order valence-electron chi connectivity index (χ3n) is 1.41. The van der Waals surface area contributed by atoms with Crippen LogP contribution >= 0.6 is 22.6 Å². The van der Waals surface area contributed by atoms with Crippen LogP contribution in [0.3, 0.4) is 0 Å². The summed E-state index contributed by atoms with van der Waals surface area (Å²) in [6, 6.07) is 2.79. The maximum absolute atomic E-state index is 13.0. The van der Waals surface area contributed by atoms with E-state index in [1.807, 2.05) is 22.6 Å². The second-order valence-corrected chi connectivity index (χ2v) is 3.28. The van der Waals surface area contributed by atoms with Gasteiger partial charge in [-0.15, -0.1) is 0 Å². The maximum atomic E-state index is 13.0. The summed E-state index contributed by atoms with van der Waals surface area (Å²) < 4.78 is 18.4. The first kappa shape index (κ1) is 9.44. The minimum absolute atomic E-state index is 0.0800. The zero-order valence-corrected chi connectivity index (χ0v) is 8.46. The van der Waals surface area contributed by atoms with E-state index in [2.05, 4.69) is 0 Å². The summed E-state index contributed by atoms with van der Waals surface area (Å²) in [5, 5.41) is 0. The molecule has 12 heavy (non-hydrogen) atoms. The summed E-state index contributed by atoms with van der Waals surface area (Å²) in [7, 11) is 1.45. The Bertz CT molecular complexity index is 289. The topological polar surface area (TPSA) is 26.3 Å². The normalized spacial score (nSPS) is 9.58. The lowest BCUT2D eigenvalue weighted by molar-refractivity contribution is 0.111. The number of benzene rings is 1. The van der Waals surface area contributed by atoms with E-state index in [1.165, 1.54) is 13.2 Å². The Morgan fingerprint density at radius 1 is 1.58 bits per heavy atom. The summed E-state index contributed by atoms with van der Waals surface area (Å²) in [6.07, 6.45) is 0.497. The van der Waals surface area contributed by atoms with E-state index in [4.69, 9.17) is 4.74 Å². The van der Waals surface area contributed by atoms with Crippen LogP contribution in [0.2, 0.25) is 0 Å². The van der Waals surface area contributed by atoms with Gasteiger partial charge in [0.1, 0.15) is 11.6 Å². The lowest BCUT2D eigenvalue weighted by Crippen LogP contribution is -1.94. The van der Waals surface area contributed by atoms with Gasteiger partial charge in [0.2, 0.25) is 0 Å². The highest BCUT2D eigenvalue weighted by Crippen LogP contribution is 2.21. The monoisotopic (exact) mass is 280 g/mol. The van der Waals surface area contributed by atoms with Crippen molar-refractivity contribution in [2.75, 3.05) is 7.11 Å². The molecule has 0 saturated heterocycles. The Balaban J connectivity index is 3.27. The summed E-state index contributed by atoms with van der Waals surface area (Å²) >= 11 is 1.88. The van der Waals surface area contributed by atoms with E-state index in [0.717, 1.165) is 0 Å². The van der Waals surface area contributed by atoms with Gasteiger partial charge in [-0.25, -0.2) is 4.39 Å². The van der Waals surface area contributed by atoms with Crippen molar-refractivity contribution in [3.05, 3.63) is 27.1 Å². The summed E-state index contributed by atoms with van der Waals surface area (Å²) in [5.74, 6) is -0.128. The van der Waals surface area contributed by atoms with Gasteiger partial charge in [0.25, 0.3) is 0 Å². The summed E-state index contributed by atoms with van der Waals surface area (Å²) in [4.78, 5) is 10.4. The molecule has 4 heteroatoms. The molecule has 0 aromatic heterocycles. The van der Waals surface area contributed by atoms with Crippen LogP contribution in [0.15, 0.2) is 12.1 Å². The molecule has 0 unspecified atom stereocenters. The van der Waals surface area contributed by atoms with E-state index >= 15 is 0 Å². The fourth-order valence-electron chi connectivity index (χ4n) is 0.791. The molecule has 0 atom stereocenters. The van der Waals surface area contributed by atoms with E-state index in [0.29, 0.717) is 15.6 Å². The smallest absolute Gasteiger partial charge is 0.154 e. The first-order chi connectivity index (χ1) is 5.69. The minimum Gasteiger partial charge on any atom is -0.497 e. The molecule has 0 aliphatic heterocycles. The van der Waals surface area contributed by atoms with Crippen LogP contribution in [-0.4, -0.2) is 13.4 Å². The molecule has 1 rings (SSSR count). The van der Waals surface area contributed by atoms with Crippen LogP contribution in [0, 0.1) is 9.39 Å². The standard InChI is InChI=1S/C8H6FIO2/c1-12-5-2-7(9)6(4-11)8(10)3-5/h2-4H,1H3. The van der Waals surface area contributed by atoms with Gasteiger partial charge in [0, 0.05) is 9.64 Å². The average molecular weight is 280 g/mol. The molecule has 0 fully saturated rings. The fraction of sp³-hybridized carbons (Fsp3) is 0.125. The molecular formula is C8H6FIO2. The van der Waals surface area contributed by atoms with Crippen molar-refractivity contribution in [3.8, 4) is 5.75 Å². The van der Waals surface area contributed by atoms with Crippen LogP contribution in [0.25, 0.3) is 0 Å². The number of carbonyl (C=O) groups excluding carboxylic acids is 1. The van der Waals surface area contributed by atoms with Crippen LogP contribution in [0.4, 0.5) is 4.39 Å². The first-order valence-electron chi connectivity index (χ1n) is 3.17. The van der Waals surface area contributed by atoms with E-state index < -0.39 is 5.82 Å². The van der Waals surface area contributed by atoms with Crippen molar-refractivity contribution in [3.63, 3.8) is 0 Å². The Kier molecular flexibility index (Phi) is 3.02. The third-order valence-corrected chi connectivity index (χ3v) is 2.30. The molecule has 1 aromatic rings. The number of rotatable bonds is 2. The highest BCUT2D eigenvalue weighted by molar-refractivity contribution is 14.1. The van der Waals surface area contributed by atoms with Gasteiger partial charge in [-0.3, -0.25) is 4.79 Å². The fourth-order valence-corrected chi connectivity index (χ4v) is 1.48. The first-order valence-corrected chi connectivity index (χ1v) is 4.25. The molecule has 0 aliphatic carbocycles. The Hall–Kier alpha value is -0.650. The van der Waals surface area contributed by atoms with Crippen molar-refractivity contribution in [1.82, 2.24) is 0 Å². The summed E-state index contributed by atoms with van der Waals surface area (Å²) in [6.45, 7) is 0. The Morgan fingerprint density at radius 3 is 2.67 bits per heavy atom. The molecule has 2 nitrogen and oxygen atoms in total.